The number of aryl methyl sites for hydroxylation is 1. The second-order valence-corrected chi connectivity index (χ2v) is 10.0. The molecule has 1 saturated carbocycles. The lowest BCUT2D eigenvalue weighted by molar-refractivity contribution is -0.140. The third-order valence-electron chi connectivity index (χ3n) is 7.28. The molecule has 0 radical (unpaired) electrons. The van der Waals surface area contributed by atoms with E-state index in [4.69, 9.17) is 0 Å². The fourth-order valence-corrected chi connectivity index (χ4v) is 5.36. The van der Waals surface area contributed by atoms with E-state index in [2.05, 4.69) is 15.1 Å². The Balaban J connectivity index is 1.30. The van der Waals surface area contributed by atoms with Gasteiger partial charge in [0.2, 0.25) is 0 Å². The number of benzene rings is 1. The van der Waals surface area contributed by atoms with Crippen molar-refractivity contribution in [2.24, 2.45) is 5.92 Å². The normalized spacial score (nSPS) is 14.4. The summed E-state index contributed by atoms with van der Waals surface area (Å²) in [7, 11) is 0. The van der Waals surface area contributed by atoms with Crippen molar-refractivity contribution in [2.75, 3.05) is 0 Å². The average Bonchev–Trinajstić information content (AvgIpc) is 3.63. The lowest BCUT2D eigenvalue weighted by atomic mass is 9.94. The van der Waals surface area contributed by atoms with Gasteiger partial charge in [-0.2, -0.15) is 18.3 Å². The molecular formula is C28H28F3N5O2. The number of hydrogen-bond acceptors (Lipinski definition) is 5. The molecular weight excluding hydrogens is 495 g/mol. The van der Waals surface area contributed by atoms with Crippen LogP contribution in [0.15, 0.2) is 43.0 Å². The predicted octanol–water partition coefficient (Wildman–Crippen LogP) is 6.15. The highest BCUT2D eigenvalue weighted by molar-refractivity contribution is 5.99. The summed E-state index contributed by atoms with van der Waals surface area (Å²) in [4.78, 5) is 33.9. The first-order chi connectivity index (χ1) is 18.2. The van der Waals surface area contributed by atoms with Crippen molar-refractivity contribution in [3.05, 3.63) is 71.1 Å². The third-order valence-corrected chi connectivity index (χ3v) is 7.28. The van der Waals surface area contributed by atoms with Gasteiger partial charge in [-0.05, 0) is 24.0 Å². The zero-order chi connectivity index (χ0) is 26.9. The summed E-state index contributed by atoms with van der Waals surface area (Å²) in [5.74, 6) is 0.595. The number of hydrogen-bond donors (Lipinski definition) is 1. The van der Waals surface area contributed by atoms with Crippen LogP contribution in [0.5, 0.6) is 0 Å². The van der Waals surface area contributed by atoms with Gasteiger partial charge in [-0.25, -0.2) is 4.98 Å². The van der Waals surface area contributed by atoms with Crippen LogP contribution in [-0.2, 0) is 17.4 Å². The summed E-state index contributed by atoms with van der Waals surface area (Å²) in [6.45, 7) is 1.86. The summed E-state index contributed by atoms with van der Waals surface area (Å²) in [6.07, 6.45) is 7.07. The number of carbonyl (C=O) groups is 2. The van der Waals surface area contributed by atoms with Crippen LogP contribution >= 0.6 is 0 Å². The van der Waals surface area contributed by atoms with E-state index in [1.807, 2.05) is 24.2 Å². The number of nitrogens with one attached hydrogen (secondary N) is 1. The van der Waals surface area contributed by atoms with Crippen molar-refractivity contribution in [3.8, 4) is 11.3 Å². The van der Waals surface area contributed by atoms with Gasteiger partial charge in [0, 0.05) is 43.6 Å². The summed E-state index contributed by atoms with van der Waals surface area (Å²) >= 11 is 0. The van der Waals surface area contributed by atoms with Gasteiger partial charge in [0.25, 0.3) is 0 Å². The summed E-state index contributed by atoms with van der Waals surface area (Å²) in [6, 6.07) is 5.51. The summed E-state index contributed by atoms with van der Waals surface area (Å²) < 4.78 is 41.7. The topological polar surface area (TPSA) is 93.0 Å². The number of Topliss-reactive ketones (excluding diaryl/α,β-unsaturated/α-hetero) is 2. The van der Waals surface area contributed by atoms with Crippen LogP contribution in [0.4, 0.5) is 13.2 Å². The van der Waals surface area contributed by atoms with Crippen LogP contribution in [0.2, 0.25) is 0 Å². The van der Waals surface area contributed by atoms with E-state index in [0.29, 0.717) is 35.7 Å². The van der Waals surface area contributed by atoms with E-state index in [1.165, 1.54) is 25.2 Å². The molecule has 0 spiro atoms. The van der Waals surface area contributed by atoms with E-state index in [9.17, 15) is 22.8 Å². The molecule has 0 unspecified atom stereocenters. The molecule has 1 fully saturated rings. The lowest BCUT2D eigenvalue weighted by Gasteiger charge is -2.10. The molecule has 1 N–H and O–H groups in total. The molecule has 198 valence electrons. The monoisotopic (exact) mass is 523 g/mol. The Kier molecular flexibility index (Phi) is 7.14. The number of ketones is 2. The van der Waals surface area contributed by atoms with Gasteiger partial charge in [-0.15, -0.1) is 0 Å². The Morgan fingerprint density at radius 3 is 2.63 bits per heavy atom. The molecule has 0 atom stereocenters. The van der Waals surface area contributed by atoms with Crippen molar-refractivity contribution < 1.29 is 22.8 Å². The van der Waals surface area contributed by atoms with Crippen LogP contribution in [0.25, 0.3) is 16.9 Å². The molecule has 7 nitrogen and oxygen atoms in total. The minimum atomic E-state index is -4.58. The maximum atomic E-state index is 13.4. The highest BCUT2D eigenvalue weighted by Crippen LogP contribution is 2.35. The summed E-state index contributed by atoms with van der Waals surface area (Å²) in [5.41, 5.74) is 2.54. The fraction of sp³-hybridized carbons (Fsp3) is 0.393. The standard InChI is InChI=1S/C28H28F3N5O2/c1-17-12-19(6-8-21(17)25(38)9-7-20(37)13-18-4-2-3-5-18)14-23-27-33-16-24(36(27)11-10-32-23)22-15-34-35-26(22)28(29,30)31/h6,8,10-12,15-16,18H,2-5,7,9,13-14H2,1H3,(H,34,35). The molecule has 0 amide bonds. The Hall–Kier alpha value is -3.82. The van der Waals surface area contributed by atoms with E-state index in [-0.39, 0.29) is 35.7 Å². The molecule has 3 heterocycles. The van der Waals surface area contributed by atoms with Crippen LogP contribution in [0.3, 0.4) is 0 Å². The van der Waals surface area contributed by atoms with Crippen molar-refractivity contribution >= 4 is 17.2 Å². The number of halogens is 3. The van der Waals surface area contributed by atoms with Crippen LogP contribution in [-0.4, -0.2) is 36.1 Å². The van der Waals surface area contributed by atoms with Gasteiger partial charge in [-0.3, -0.25) is 24.1 Å². The zero-order valence-corrected chi connectivity index (χ0v) is 21.0. The second-order valence-electron chi connectivity index (χ2n) is 10.0. The highest BCUT2D eigenvalue weighted by atomic mass is 19.4. The molecule has 3 aromatic heterocycles. The number of H-pyrrole nitrogens is 1. The lowest BCUT2D eigenvalue weighted by Crippen LogP contribution is -2.09. The fourth-order valence-electron chi connectivity index (χ4n) is 5.36. The molecule has 0 saturated heterocycles. The van der Waals surface area contributed by atoms with E-state index in [1.54, 1.807) is 16.7 Å². The number of nitrogens with zero attached hydrogens (tertiary/aromatic N) is 4. The predicted molar refractivity (Wildman–Crippen MR) is 135 cm³/mol. The maximum absolute atomic E-state index is 13.4. The minimum absolute atomic E-state index is 0.0486. The van der Waals surface area contributed by atoms with Gasteiger partial charge >= 0.3 is 6.18 Å². The number of imidazole rings is 1. The molecule has 1 aromatic carbocycles. The van der Waals surface area contributed by atoms with Gasteiger partial charge in [-0.1, -0.05) is 43.9 Å². The van der Waals surface area contributed by atoms with Crippen molar-refractivity contribution in [2.45, 2.75) is 64.5 Å². The van der Waals surface area contributed by atoms with Crippen molar-refractivity contribution in [1.82, 2.24) is 24.6 Å². The van der Waals surface area contributed by atoms with Gasteiger partial charge in [0.1, 0.15) is 11.5 Å². The van der Waals surface area contributed by atoms with E-state index < -0.39 is 11.9 Å². The first-order valence-corrected chi connectivity index (χ1v) is 12.8. The molecule has 1 aliphatic carbocycles. The quantitative estimate of drug-likeness (QED) is 0.266. The number of alkyl halides is 3. The number of aromatic amines is 1. The van der Waals surface area contributed by atoms with Crippen LogP contribution < -0.4 is 0 Å². The number of rotatable bonds is 9. The molecule has 1 aliphatic rings. The minimum Gasteiger partial charge on any atom is -0.300 e. The maximum Gasteiger partial charge on any atom is 0.433 e. The Labute approximate surface area is 217 Å². The SMILES string of the molecule is Cc1cc(Cc2nccn3c(-c4cn[nH]c4C(F)(F)F)cnc23)ccc1C(=O)CCC(=O)CC1CCCC1. The number of fused-ring (bicyclic) bond motifs is 1. The number of carbonyl (C=O) groups excluding carboxylic acids is 2. The molecule has 5 rings (SSSR count). The summed E-state index contributed by atoms with van der Waals surface area (Å²) in [5, 5.41) is 5.60. The highest BCUT2D eigenvalue weighted by Gasteiger charge is 2.36. The molecule has 0 bridgehead atoms. The van der Waals surface area contributed by atoms with Crippen LogP contribution in [0, 0.1) is 12.8 Å². The second kappa shape index (κ2) is 10.5. The third kappa shape index (κ3) is 5.39. The van der Waals surface area contributed by atoms with Crippen LogP contribution in [0.1, 0.15) is 77.8 Å². The van der Waals surface area contributed by atoms with Gasteiger partial charge < -0.3 is 0 Å². The number of aromatic nitrogens is 5. The van der Waals surface area contributed by atoms with E-state index >= 15 is 0 Å². The Bertz CT molecular complexity index is 1480. The van der Waals surface area contributed by atoms with Crippen molar-refractivity contribution in [1.29, 1.82) is 0 Å². The van der Waals surface area contributed by atoms with Gasteiger partial charge in [0.05, 0.1) is 29.3 Å². The largest absolute Gasteiger partial charge is 0.433 e. The van der Waals surface area contributed by atoms with E-state index in [0.717, 1.165) is 30.2 Å². The first kappa shape index (κ1) is 25.8. The molecule has 0 aliphatic heterocycles. The van der Waals surface area contributed by atoms with Gasteiger partial charge in [0.15, 0.2) is 11.4 Å². The zero-order valence-electron chi connectivity index (χ0n) is 21.0. The Morgan fingerprint density at radius 1 is 1.11 bits per heavy atom. The molecule has 38 heavy (non-hydrogen) atoms. The van der Waals surface area contributed by atoms with Crippen molar-refractivity contribution in [3.63, 3.8) is 0 Å². The average molecular weight is 524 g/mol. The Morgan fingerprint density at radius 2 is 1.89 bits per heavy atom. The molecule has 4 aromatic rings. The first-order valence-electron chi connectivity index (χ1n) is 12.8. The smallest absolute Gasteiger partial charge is 0.300 e. The molecule has 10 heteroatoms.